The van der Waals surface area contributed by atoms with Crippen molar-refractivity contribution in [2.75, 3.05) is 11.9 Å². The third kappa shape index (κ3) is 4.91. The number of halogens is 3. The smallest absolute Gasteiger partial charge is 0.260 e. The average Bonchev–Trinajstić information content (AvgIpc) is 3.46. The van der Waals surface area contributed by atoms with Crippen LogP contribution in [0.15, 0.2) is 18.2 Å². The number of rotatable bonds is 6. The molecule has 4 rings (SSSR count). The van der Waals surface area contributed by atoms with Crippen LogP contribution < -0.4 is 10.6 Å². The average molecular weight is 419 g/mol. The van der Waals surface area contributed by atoms with Gasteiger partial charge in [-0.15, -0.1) is 35.0 Å². The first-order valence-electron chi connectivity index (χ1n) is 8.24. The fourth-order valence-electron chi connectivity index (χ4n) is 2.89. The fraction of sp³-hybridized carbons (Fsp3) is 0.471. The number of nitrogens with one attached hydrogen (secondary N) is 2. The number of aryl methyl sites for hydroxylation is 1. The molecule has 142 valence electrons. The van der Waals surface area contributed by atoms with Gasteiger partial charge in [0.2, 0.25) is 5.13 Å². The molecule has 2 saturated carbocycles. The Morgan fingerprint density at radius 1 is 1.31 bits per heavy atom. The Hall–Kier alpha value is -1.28. The minimum Gasteiger partial charge on any atom is -0.313 e. The van der Waals surface area contributed by atoms with Crippen molar-refractivity contribution in [3.63, 3.8) is 0 Å². The predicted octanol–water partition coefficient (Wildman–Crippen LogP) is 3.94. The maximum atomic E-state index is 14.1. The van der Waals surface area contributed by atoms with Crippen LogP contribution in [-0.4, -0.2) is 28.7 Å². The summed E-state index contributed by atoms with van der Waals surface area (Å²) in [6.45, 7) is 2.88. The molecule has 2 unspecified atom stereocenters. The topological polar surface area (TPSA) is 66.9 Å². The molecule has 1 aromatic heterocycles. The first-order chi connectivity index (χ1) is 11.6. The lowest BCUT2D eigenvalue weighted by Crippen LogP contribution is -2.20. The zero-order valence-corrected chi connectivity index (χ0v) is 16.6. The van der Waals surface area contributed by atoms with E-state index in [9.17, 15) is 9.18 Å². The number of nitrogens with zero attached hydrogens (tertiary/aromatic N) is 2. The van der Waals surface area contributed by atoms with Crippen molar-refractivity contribution in [1.82, 2.24) is 15.5 Å². The molecular formula is C17H21Cl2FN4OS. The molecule has 2 aliphatic rings. The number of carbonyl (C=O) groups is 1. The molecule has 0 aliphatic heterocycles. The van der Waals surface area contributed by atoms with Crippen molar-refractivity contribution < 1.29 is 9.18 Å². The first kappa shape index (κ1) is 21.0. The summed E-state index contributed by atoms with van der Waals surface area (Å²) in [5.41, 5.74) is 1.08. The van der Waals surface area contributed by atoms with Crippen molar-refractivity contribution in [3.05, 3.63) is 40.2 Å². The molecule has 2 atom stereocenters. The fourth-order valence-corrected chi connectivity index (χ4v) is 3.47. The second-order valence-electron chi connectivity index (χ2n) is 6.62. The van der Waals surface area contributed by atoms with E-state index in [4.69, 9.17) is 0 Å². The third-order valence-electron chi connectivity index (χ3n) is 4.57. The number of amides is 1. The summed E-state index contributed by atoms with van der Waals surface area (Å²) in [5, 5.41) is 15.0. The van der Waals surface area contributed by atoms with Gasteiger partial charge in [-0.2, -0.15) is 0 Å². The Balaban J connectivity index is 0.00000121. The van der Waals surface area contributed by atoms with Crippen molar-refractivity contribution in [2.45, 2.75) is 38.1 Å². The predicted molar refractivity (Wildman–Crippen MR) is 105 cm³/mol. The van der Waals surface area contributed by atoms with Crippen LogP contribution in [0.5, 0.6) is 0 Å². The minimum atomic E-state index is -0.513. The summed E-state index contributed by atoms with van der Waals surface area (Å²) in [7, 11) is 0. The van der Waals surface area contributed by atoms with Gasteiger partial charge in [-0.25, -0.2) is 4.39 Å². The van der Waals surface area contributed by atoms with Gasteiger partial charge in [0.1, 0.15) is 10.8 Å². The van der Waals surface area contributed by atoms with E-state index in [-0.39, 0.29) is 30.4 Å². The Labute approximate surface area is 168 Å². The molecule has 0 bridgehead atoms. The van der Waals surface area contributed by atoms with Gasteiger partial charge < -0.3 is 5.32 Å². The molecule has 2 aliphatic carbocycles. The molecule has 1 amide bonds. The number of carbonyl (C=O) groups excluding carboxylic acids is 1. The van der Waals surface area contributed by atoms with E-state index in [2.05, 4.69) is 20.8 Å². The zero-order valence-electron chi connectivity index (χ0n) is 14.2. The summed E-state index contributed by atoms with van der Waals surface area (Å²) < 4.78 is 14.1. The van der Waals surface area contributed by atoms with E-state index in [0.717, 1.165) is 29.5 Å². The standard InChI is InChI=1S/C17H19FN4OS.2ClH/c1-9-21-22-17(24-9)20-16(23)13-6-11(4-5-14(13)18)12-7-15(12)19-8-10-2-3-10;;/h4-6,10,12,15,19H,2-3,7-8H2,1H3,(H,20,22,23);2*1H. The molecule has 26 heavy (non-hydrogen) atoms. The van der Waals surface area contributed by atoms with Crippen LogP contribution in [-0.2, 0) is 0 Å². The summed E-state index contributed by atoms with van der Waals surface area (Å²) in [6, 6.07) is 5.29. The van der Waals surface area contributed by atoms with E-state index < -0.39 is 11.7 Å². The Kier molecular flexibility index (Phi) is 6.96. The SMILES string of the molecule is Cc1nnc(NC(=O)c2cc(C3CC3NCC3CC3)ccc2F)s1.Cl.Cl. The molecular weight excluding hydrogens is 398 g/mol. The van der Waals surface area contributed by atoms with E-state index in [1.54, 1.807) is 19.1 Å². The molecule has 2 fully saturated rings. The van der Waals surface area contributed by atoms with Crippen molar-refractivity contribution in [3.8, 4) is 0 Å². The Bertz CT molecular complexity index is 784. The van der Waals surface area contributed by atoms with Crippen molar-refractivity contribution in [1.29, 1.82) is 0 Å². The lowest BCUT2D eigenvalue weighted by molar-refractivity contribution is 0.102. The molecule has 9 heteroatoms. The number of benzene rings is 1. The van der Waals surface area contributed by atoms with E-state index in [0.29, 0.717) is 17.1 Å². The van der Waals surface area contributed by atoms with E-state index in [1.165, 1.54) is 30.2 Å². The highest BCUT2D eigenvalue weighted by Crippen LogP contribution is 2.42. The molecule has 0 spiro atoms. The summed E-state index contributed by atoms with van der Waals surface area (Å²) in [6.07, 6.45) is 3.71. The molecule has 2 N–H and O–H groups in total. The highest BCUT2D eigenvalue weighted by Gasteiger charge is 2.39. The summed E-state index contributed by atoms with van der Waals surface area (Å²) >= 11 is 1.27. The van der Waals surface area contributed by atoms with Gasteiger partial charge in [-0.1, -0.05) is 17.4 Å². The molecule has 0 saturated heterocycles. The van der Waals surface area contributed by atoms with E-state index >= 15 is 0 Å². The highest BCUT2D eigenvalue weighted by atomic mass is 35.5. The number of hydrogen-bond donors (Lipinski definition) is 2. The van der Waals surface area contributed by atoms with Gasteiger partial charge in [-0.3, -0.25) is 10.1 Å². The third-order valence-corrected chi connectivity index (χ3v) is 5.32. The second kappa shape index (κ2) is 8.61. The quantitative estimate of drug-likeness (QED) is 0.745. The molecule has 1 heterocycles. The Morgan fingerprint density at radius 3 is 2.73 bits per heavy atom. The molecule has 1 aromatic carbocycles. The lowest BCUT2D eigenvalue weighted by atomic mass is 10.1. The van der Waals surface area contributed by atoms with Gasteiger partial charge in [0.15, 0.2) is 0 Å². The molecule has 0 radical (unpaired) electrons. The Morgan fingerprint density at radius 2 is 2.08 bits per heavy atom. The normalized spacial score (nSPS) is 20.7. The van der Waals surface area contributed by atoms with Crippen LogP contribution in [0.4, 0.5) is 9.52 Å². The van der Waals surface area contributed by atoms with Gasteiger partial charge in [0.05, 0.1) is 5.56 Å². The van der Waals surface area contributed by atoms with Crippen LogP contribution in [0.1, 0.15) is 46.1 Å². The minimum absolute atomic E-state index is 0. The number of aromatic nitrogens is 2. The van der Waals surface area contributed by atoms with Crippen LogP contribution >= 0.6 is 36.2 Å². The van der Waals surface area contributed by atoms with Gasteiger partial charge in [0.25, 0.3) is 5.91 Å². The van der Waals surface area contributed by atoms with Crippen molar-refractivity contribution >= 4 is 47.2 Å². The number of hydrogen-bond acceptors (Lipinski definition) is 5. The summed E-state index contributed by atoms with van der Waals surface area (Å²) in [5.74, 6) is 0.227. The van der Waals surface area contributed by atoms with E-state index in [1.807, 2.05) is 0 Å². The first-order valence-corrected chi connectivity index (χ1v) is 9.06. The maximum absolute atomic E-state index is 14.1. The van der Waals surface area contributed by atoms with Crippen LogP contribution in [0.25, 0.3) is 0 Å². The van der Waals surface area contributed by atoms with Crippen LogP contribution in [0, 0.1) is 18.7 Å². The molecule has 2 aromatic rings. The van der Waals surface area contributed by atoms with Crippen LogP contribution in [0.3, 0.4) is 0 Å². The largest absolute Gasteiger partial charge is 0.313 e. The van der Waals surface area contributed by atoms with Gasteiger partial charge >= 0.3 is 0 Å². The lowest BCUT2D eigenvalue weighted by Gasteiger charge is -2.07. The molecule has 5 nitrogen and oxygen atoms in total. The highest BCUT2D eigenvalue weighted by molar-refractivity contribution is 7.15. The maximum Gasteiger partial charge on any atom is 0.260 e. The van der Waals surface area contributed by atoms with Crippen molar-refractivity contribution in [2.24, 2.45) is 5.92 Å². The van der Waals surface area contributed by atoms with Gasteiger partial charge in [-0.05, 0) is 56.3 Å². The number of anilines is 1. The monoisotopic (exact) mass is 418 g/mol. The van der Waals surface area contributed by atoms with Gasteiger partial charge in [0, 0.05) is 12.0 Å². The summed E-state index contributed by atoms with van der Waals surface area (Å²) in [4.78, 5) is 12.3. The second-order valence-corrected chi connectivity index (χ2v) is 7.80. The van der Waals surface area contributed by atoms with Crippen LogP contribution in [0.2, 0.25) is 0 Å². The zero-order chi connectivity index (χ0) is 16.7.